The van der Waals surface area contributed by atoms with E-state index < -0.39 is 27.5 Å². The Morgan fingerprint density at radius 1 is 1.17 bits per heavy atom. The van der Waals surface area contributed by atoms with Crippen LogP contribution >= 0.6 is 11.3 Å². The smallest absolute Gasteiger partial charge is 0.333 e. The Morgan fingerprint density at radius 3 is 2.07 bits per heavy atom. The third-order valence-electron chi connectivity index (χ3n) is 4.44. The number of urea groups is 1. The van der Waals surface area contributed by atoms with Gasteiger partial charge in [0.05, 0.1) is 16.2 Å². The van der Waals surface area contributed by atoms with Crippen LogP contribution in [-0.4, -0.2) is 24.5 Å². The van der Waals surface area contributed by atoms with Gasteiger partial charge in [-0.2, -0.15) is 8.42 Å². The molecule has 0 saturated carbocycles. The molecule has 0 bridgehead atoms. The Hall–Kier alpha value is -2.04. The van der Waals surface area contributed by atoms with Crippen molar-refractivity contribution in [3.63, 3.8) is 0 Å². The second kappa shape index (κ2) is 8.60. The average molecular weight is 458 g/mol. The van der Waals surface area contributed by atoms with Crippen LogP contribution in [0, 0.1) is 12.7 Å². The van der Waals surface area contributed by atoms with Crippen LogP contribution in [0.5, 0.6) is 0 Å². The molecule has 2 rings (SSSR count). The molecule has 0 spiro atoms. The van der Waals surface area contributed by atoms with E-state index in [0.717, 1.165) is 11.3 Å². The first kappa shape index (κ1) is 24.2. The Morgan fingerprint density at radius 2 is 1.67 bits per heavy atom. The Kier molecular flexibility index (Phi) is 6.95. The van der Waals surface area contributed by atoms with Gasteiger partial charge in [0, 0.05) is 5.69 Å². The van der Waals surface area contributed by atoms with Crippen molar-refractivity contribution in [2.45, 2.75) is 70.2 Å². The normalized spacial score (nSPS) is 12.5. The summed E-state index contributed by atoms with van der Waals surface area (Å²) in [4.78, 5) is 16.9. The van der Waals surface area contributed by atoms with Crippen LogP contribution in [0.15, 0.2) is 16.5 Å². The van der Waals surface area contributed by atoms with E-state index in [2.05, 4.69) is 10.3 Å². The van der Waals surface area contributed by atoms with Crippen LogP contribution < -0.4 is 10.0 Å². The van der Waals surface area contributed by atoms with Gasteiger partial charge in [0.15, 0.2) is 0 Å². The van der Waals surface area contributed by atoms with E-state index >= 15 is 0 Å². The number of hydrogen-bond donors (Lipinski definition) is 3. The summed E-state index contributed by atoms with van der Waals surface area (Å²) in [6.07, 6.45) is 0. The zero-order chi connectivity index (χ0) is 23.0. The Labute approximate surface area is 180 Å². The topological polar surface area (TPSA) is 108 Å². The number of benzene rings is 1. The number of sulfonamides is 1. The number of aromatic nitrogens is 1. The molecule has 3 N–H and O–H groups in total. The van der Waals surface area contributed by atoms with Crippen LogP contribution in [0.4, 0.5) is 14.9 Å². The van der Waals surface area contributed by atoms with Gasteiger partial charge in [-0.3, -0.25) is 0 Å². The van der Waals surface area contributed by atoms with Crippen LogP contribution in [0.2, 0.25) is 0 Å². The van der Waals surface area contributed by atoms with Gasteiger partial charge in [-0.1, -0.05) is 27.7 Å². The molecule has 2 amide bonds. The lowest BCUT2D eigenvalue weighted by molar-refractivity contribution is 0.0817. The quantitative estimate of drug-likeness (QED) is 0.589. The molecular formula is C20H28FN3O4S2. The zero-order valence-electron chi connectivity index (χ0n) is 18.1. The van der Waals surface area contributed by atoms with Gasteiger partial charge in [-0.05, 0) is 55.9 Å². The maximum Gasteiger partial charge on any atom is 0.333 e. The van der Waals surface area contributed by atoms with E-state index in [9.17, 15) is 22.7 Å². The number of carbonyl (C=O) groups excluding carboxylic acids is 1. The molecule has 1 aromatic carbocycles. The summed E-state index contributed by atoms with van der Waals surface area (Å²) in [5, 5.41) is 12.7. The molecule has 0 atom stereocenters. The van der Waals surface area contributed by atoms with Crippen LogP contribution in [0.1, 0.15) is 75.1 Å². The first-order chi connectivity index (χ1) is 13.6. The first-order valence-corrected chi connectivity index (χ1v) is 11.8. The minimum absolute atomic E-state index is 0.0962. The molecule has 0 saturated heterocycles. The maximum atomic E-state index is 14.0. The van der Waals surface area contributed by atoms with E-state index in [4.69, 9.17) is 0 Å². The highest BCUT2D eigenvalue weighted by Gasteiger charge is 2.29. The van der Waals surface area contributed by atoms with Gasteiger partial charge < -0.3 is 10.4 Å². The first-order valence-electron chi connectivity index (χ1n) is 9.51. The average Bonchev–Trinajstić information content (AvgIpc) is 2.98. The number of nitrogens with one attached hydrogen (secondary N) is 2. The van der Waals surface area contributed by atoms with Gasteiger partial charge in [0.2, 0.25) is 4.34 Å². The molecule has 166 valence electrons. The van der Waals surface area contributed by atoms with Crippen molar-refractivity contribution in [3.05, 3.63) is 39.6 Å². The molecule has 7 nitrogen and oxygen atoms in total. The van der Waals surface area contributed by atoms with Crippen LogP contribution in [0.3, 0.4) is 0 Å². The molecule has 0 fully saturated rings. The number of thiazole rings is 1. The Balaban J connectivity index is 2.36. The van der Waals surface area contributed by atoms with Crippen molar-refractivity contribution in [1.82, 2.24) is 9.71 Å². The number of rotatable bonds is 6. The molecule has 0 aliphatic heterocycles. The fraction of sp³-hybridized carbons (Fsp3) is 0.500. The van der Waals surface area contributed by atoms with Crippen molar-refractivity contribution >= 4 is 33.1 Å². The van der Waals surface area contributed by atoms with E-state index in [1.54, 1.807) is 6.92 Å². The summed E-state index contributed by atoms with van der Waals surface area (Å²) >= 11 is 0.799. The van der Waals surface area contributed by atoms with Crippen LogP contribution in [-0.2, 0) is 15.6 Å². The third-order valence-corrected chi connectivity index (χ3v) is 7.61. The van der Waals surface area contributed by atoms with E-state index in [0.29, 0.717) is 27.4 Å². The monoisotopic (exact) mass is 457 g/mol. The summed E-state index contributed by atoms with van der Waals surface area (Å²) < 4.78 is 41.0. The molecule has 10 heteroatoms. The summed E-state index contributed by atoms with van der Waals surface area (Å²) in [7, 11) is -4.26. The van der Waals surface area contributed by atoms with Crippen molar-refractivity contribution in [3.8, 4) is 0 Å². The zero-order valence-corrected chi connectivity index (χ0v) is 19.8. The van der Waals surface area contributed by atoms with Crippen LogP contribution in [0.25, 0.3) is 0 Å². The van der Waals surface area contributed by atoms with Gasteiger partial charge in [-0.25, -0.2) is 18.9 Å². The minimum atomic E-state index is -4.26. The summed E-state index contributed by atoms with van der Waals surface area (Å²) in [5.41, 5.74) is 0.642. The predicted octanol–water partition coefficient (Wildman–Crippen LogP) is 4.58. The second-order valence-electron chi connectivity index (χ2n) is 8.28. The number of aryl methyl sites for hydroxylation is 1. The SMILES string of the molecule is Cc1nc(S(=O)(=O)NC(=O)Nc2c(C(C)C)cc(F)cc2C(C)C)sc1C(C)(C)O. The third kappa shape index (κ3) is 5.35. The lowest BCUT2D eigenvalue weighted by Crippen LogP contribution is -2.35. The fourth-order valence-electron chi connectivity index (χ4n) is 3.06. The predicted molar refractivity (Wildman–Crippen MR) is 116 cm³/mol. The lowest BCUT2D eigenvalue weighted by Gasteiger charge is -2.20. The van der Waals surface area contributed by atoms with E-state index in [1.807, 2.05) is 32.4 Å². The van der Waals surface area contributed by atoms with Crippen molar-refractivity contribution in [2.75, 3.05) is 5.32 Å². The molecule has 0 aliphatic rings. The molecule has 0 unspecified atom stereocenters. The largest absolute Gasteiger partial charge is 0.385 e. The fourth-order valence-corrected chi connectivity index (χ4v) is 5.32. The number of amides is 2. The molecule has 0 radical (unpaired) electrons. The number of hydrogen-bond acceptors (Lipinski definition) is 6. The molecule has 0 aliphatic carbocycles. The molecule has 1 heterocycles. The summed E-state index contributed by atoms with van der Waals surface area (Å²) in [6.45, 7) is 12.1. The minimum Gasteiger partial charge on any atom is -0.385 e. The molecule has 30 heavy (non-hydrogen) atoms. The van der Waals surface area contributed by atoms with Crippen molar-refractivity contribution < 1.29 is 22.7 Å². The highest BCUT2D eigenvalue weighted by molar-refractivity contribution is 7.92. The maximum absolute atomic E-state index is 14.0. The van der Waals surface area contributed by atoms with E-state index in [-0.39, 0.29) is 16.2 Å². The molecule has 1 aromatic heterocycles. The second-order valence-corrected chi connectivity index (χ2v) is 11.1. The van der Waals surface area contributed by atoms with E-state index in [1.165, 1.54) is 26.0 Å². The van der Waals surface area contributed by atoms with Crippen molar-refractivity contribution in [2.24, 2.45) is 0 Å². The van der Waals surface area contributed by atoms with Crippen molar-refractivity contribution in [1.29, 1.82) is 0 Å². The van der Waals surface area contributed by atoms with Gasteiger partial charge in [0.1, 0.15) is 5.82 Å². The van der Waals surface area contributed by atoms with Gasteiger partial charge >= 0.3 is 6.03 Å². The van der Waals surface area contributed by atoms with Gasteiger partial charge in [-0.15, -0.1) is 11.3 Å². The highest BCUT2D eigenvalue weighted by Crippen LogP contribution is 2.34. The summed E-state index contributed by atoms with van der Waals surface area (Å²) in [6, 6.07) is 1.70. The van der Waals surface area contributed by atoms with Gasteiger partial charge in [0.25, 0.3) is 10.0 Å². The highest BCUT2D eigenvalue weighted by atomic mass is 32.2. The lowest BCUT2D eigenvalue weighted by atomic mass is 9.92. The number of aliphatic hydroxyl groups is 1. The number of halogens is 1. The molecular weight excluding hydrogens is 429 g/mol. The summed E-state index contributed by atoms with van der Waals surface area (Å²) in [5.74, 6) is -0.611. The number of carbonyl (C=O) groups is 1. The number of nitrogens with zero attached hydrogens (tertiary/aromatic N) is 1. The standard InChI is InChI=1S/C20H28FN3O4S2/c1-10(2)14-8-13(21)9-15(11(3)4)16(14)23-18(25)24-30(27,28)19-22-12(5)17(29-19)20(6,7)26/h8-11,26H,1-7H3,(H2,23,24,25). The molecule has 2 aromatic rings. The number of anilines is 1. The Bertz CT molecular complexity index is 1030.